The van der Waals surface area contributed by atoms with Crippen LogP contribution in [0.5, 0.6) is 5.88 Å². The van der Waals surface area contributed by atoms with Crippen molar-refractivity contribution in [3.05, 3.63) is 42.5 Å². The number of urea groups is 1. The molecule has 0 spiro atoms. The summed E-state index contributed by atoms with van der Waals surface area (Å²) in [4.78, 5) is 40.6. The summed E-state index contributed by atoms with van der Waals surface area (Å²) in [6.45, 7) is 1.93. The van der Waals surface area contributed by atoms with Crippen molar-refractivity contribution in [1.82, 2.24) is 19.8 Å². The molecular formula is C21H25FN6O3. The van der Waals surface area contributed by atoms with Crippen LogP contribution in [0.2, 0.25) is 0 Å². The van der Waals surface area contributed by atoms with Crippen molar-refractivity contribution in [2.75, 3.05) is 56.6 Å². The van der Waals surface area contributed by atoms with Crippen molar-refractivity contribution >= 4 is 23.4 Å². The largest absolute Gasteiger partial charge is 0.471 e. The Hall–Kier alpha value is -3.43. The van der Waals surface area contributed by atoms with E-state index in [2.05, 4.69) is 9.97 Å². The summed E-state index contributed by atoms with van der Waals surface area (Å²) in [6.07, 6.45) is 3.74. The lowest BCUT2D eigenvalue weighted by atomic mass is 10.3. The average molecular weight is 428 g/mol. The molecule has 2 aliphatic heterocycles. The molecule has 1 atom stereocenters. The maximum absolute atomic E-state index is 13.1. The molecule has 0 radical (unpaired) electrons. The van der Waals surface area contributed by atoms with Crippen LogP contribution in [-0.2, 0) is 4.79 Å². The second kappa shape index (κ2) is 8.75. The zero-order valence-electron chi connectivity index (χ0n) is 17.6. The van der Waals surface area contributed by atoms with E-state index in [0.717, 1.165) is 0 Å². The van der Waals surface area contributed by atoms with Crippen molar-refractivity contribution in [3.8, 4) is 5.88 Å². The monoisotopic (exact) mass is 428 g/mol. The van der Waals surface area contributed by atoms with Crippen LogP contribution in [0.1, 0.15) is 6.42 Å². The fourth-order valence-electron chi connectivity index (χ4n) is 3.69. The molecule has 31 heavy (non-hydrogen) atoms. The van der Waals surface area contributed by atoms with Crippen LogP contribution in [0, 0.1) is 5.82 Å². The number of hydrogen-bond donors (Lipinski definition) is 0. The van der Waals surface area contributed by atoms with Crippen LogP contribution in [0.3, 0.4) is 0 Å². The van der Waals surface area contributed by atoms with E-state index >= 15 is 0 Å². The quantitative estimate of drug-likeness (QED) is 0.695. The number of carbonyl (C=O) groups is 2. The minimum Gasteiger partial charge on any atom is -0.471 e. The van der Waals surface area contributed by atoms with Gasteiger partial charge in [-0.1, -0.05) is 0 Å². The number of halogens is 1. The third kappa shape index (κ3) is 4.68. The van der Waals surface area contributed by atoms with Gasteiger partial charge in [-0.2, -0.15) is 4.98 Å². The van der Waals surface area contributed by atoms with Gasteiger partial charge in [0.1, 0.15) is 18.5 Å². The van der Waals surface area contributed by atoms with Crippen LogP contribution in [-0.4, -0.2) is 84.6 Å². The molecule has 3 heterocycles. The van der Waals surface area contributed by atoms with Gasteiger partial charge in [0, 0.05) is 45.8 Å². The van der Waals surface area contributed by atoms with E-state index < -0.39 is 0 Å². The normalized spacial score (nSPS) is 18.6. The Morgan fingerprint density at radius 3 is 2.71 bits per heavy atom. The Morgan fingerprint density at radius 1 is 1.19 bits per heavy atom. The van der Waals surface area contributed by atoms with E-state index in [1.807, 2.05) is 19.0 Å². The Balaban J connectivity index is 1.30. The summed E-state index contributed by atoms with van der Waals surface area (Å²) in [6, 6.07) is 5.52. The van der Waals surface area contributed by atoms with Crippen LogP contribution in [0.4, 0.5) is 20.7 Å². The number of carbonyl (C=O) groups excluding carboxylic acids is 2. The lowest BCUT2D eigenvalue weighted by Crippen LogP contribution is -2.42. The van der Waals surface area contributed by atoms with Gasteiger partial charge in [-0.05, 0) is 24.3 Å². The lowest BCUT2D eigenvalue weighted by Gasteiger charge is -2.22. The fraction of sp³-hybridized carbons (Fsp3) is 0.429. The van der Waals surface area contributed by atoms with Crippen molar-refractivity contribution in [2.45, 2.75) is 12.5 Å². The molecule has 0 N–H and O–H groups in total. The molecule has 2 aromatic rings. The van der Waals surface area contributed by atoms with E-state index in [4.69, 9.17) is 4.74 Å². The molecule has 0 aliphatic carbocycles. The molecule has 3 amide bonds. The first kappa shape index (κ1) is 20.8. The number of amides is 3. The molecule has 2 saturated heterocycles. The zero-order valence-corrected chi connectivity index (χ0v) is 17.6. The van der Waals surface area contributed by atoms with Crippen molar-refractivity contribution in [1.29, 1.82) is 0 Å². The topological polar surface area (TPSA) is 82.1 Å². The van der Waals surface area contributed by atoms with Gasteiger partial charge in [-0.25, -0.2) is 9.18 Å². The van der Waals surface area contributed by atoms with Crippen molar-refractivity contribution in [2.24, 2.45) is 0 Å². The van der Waals surface area contributed by atoms with Gasteiger partial charge in [-0.3, -0.25) is 14.7 Å². The second-order valence-corrected chi connectivity index (χ2v) is 7.81. The molecule has 1 aromatic carbocycles. The molecule has 10 heteroatoms. The van der Waals surface area contributed by atoms with E-state index in [1.54, 1.807) is 34.3 Å². The Morgan fingerprint density at radius 2 is 1.97 bits per heavy atom. The number of ether oxygens (including phenoxy) is 1. The Labute approximate surface area is 180 Å². The third-order valence-electron chi connectivity index (χ3n) is 5.40. The maximum Gasteiger partial charge on any atom is 0.325 e. The molecule has 0 saturated carbocycles. The molecule has 164 valence electrons. The summed E-state index contributed by atoms with van der Waals surface area (Å²) in [5, 5.41) is 0. The number of hydrogen-bond acceptors (Lipinski definition) is 6. The van der Waals surface area contributed by atoms with E-state index in [0.29, 0.717) is 50.0 Å². The van der Waals surface area contributed by atoms with E-state index in [9.17, 15) is 14.0 Å². The first-order valence-corrected chi connectivity index (χ1v) is 10.2. The molecule has 1 aromatic heterocycles. The smallest absolute Gasteiger partial charge is 0.325 e. The highest BCUT2D eigenvalue weighted by atomic mass is 19.1. The summed E-state index contributed by atoms with van der Waals surface area (Å²) in [5.74, 6) is 0.651. The summed E-state index contributed by atoms with van der Waals surface area (Å²) in [5.41, 5.74) is 0.622. The first-order chi connectivity index (χ1) is 14.9. The number of aromatic nitrogens is 2. The first-order valence-electron chi connectivity index (χ1n) is 10.2. The Kier molecular flexibility index (Phi) is 5.88. The third-order valence-corrected chi connectivity index (χ3v) is 5.40. The van der Waals surface area contributed by atoms with Crippen LogP contribution < -0.4 is 14.5 Å². The number of nitrogens with zero attached hydrogens (tertiary/aromatic N) is 6. The molecule has 2 fully saturated rings. The van der Waals surface area contributed by atoms with Gasteiger partial charge < -0.3 is 19.4 Å². The van der Waals surface area contributed by atoms with E-state index in [1.165, 1.54) is 17.0 Å². The molecular weight excluding hydrogens is 403 g/mol. The molecule has 9 nitrogen and oxygen atoms in total. The van der Waals surface area contributed by atoms with Gasteiger partial charge in [-0.15, -0.1) is 0 Å². The van der Waals surface area contributed by atoms with Crippen molar-refractivity contribution < 1.29 is 18.7 Å². The summed E-state index contributed by atoms with van der Waals surface area (Å²) in [7, 11) is 3.75. The Bertz CT molecular complexity index is 954. The average Bonchev–Trinajstić information content (AvgIpc) is 3.36. The predicted octanol–water partition coefficient (Wildman–Crippen LogP) is 1.60. The van der Waals surface area contributed by atoms with Crippen LogP contribution in [0.25, 0.3) is 0 Å². The fourth-order valence-corrected chi connectivity index (χ4v) is 3.69. The predicted molar refractivity (Wildman–Crippen MR) is 113 cm³/mol. The maximum atomic E-state index is 13.1. The van der Waals surface area contributed by atoms with E-state index in [-0.39, 0.29) is 30.4 Å². The van der Waals surface area contributed by atoms with Gasteiger partial charge in [0.2, 0.25) is 11.8 Å². The standard InChI is InChI=1S/C21H25FN6O3/c1-25(2)18-11-23-12-19(24-18)31-17-7-8-26(13-17)20(29)14-27-9-10-28(21(27)30)16-5-3-15(22)4-6-16/h3-6,11-12,17H,7-10,13-14H2,1-2H3. The lowest BCUT2D eigenvalue weighted by molar-refractivity contribution is -0.130. The molecule has 0 bridgehead atoms. The van der Waals surface area contributed by atoms with Crippen LogP contribution in [0.15, 0.2) is 36.7 Å². The highest BCUT2D eigenvalue weighted by Crippen LogP contribution is 2.22. The molecule has 2 aliphatic rings. The molecule has 1 unspecified atom stereocenters. The van der Waals surface area contributed by atoms with Gasteiger partial charge in [0.15, 0.2) is 5.82 Å². The minimum absolute atomic E-state index is 0.0131. The zero-order chi connectivity index (χ0) is 22.0. The van der Waals surface area contributed by atoms with Gasteiger partial charge in [0.05, 0.1) is 18.9 Å². The number of anilines is 2. The summed E-state index contributed by atoms with van der Waals surface area (Å²) < 4.78 is 19.0. The second-order valence-electron chi connectivity index (χ2n) is 7.81. The number of rotatable bonds is 6. The minimum atomic E-state index is -0.354. The van der Waals surface area contributed by atoms with Crippen molar-refractivity contribution in [3.63, 3.8) is 0 Å². The van der Waals surface area contributed by atoms with Gasteiger partial charge in [0.25, 0.3) is 0 Å². The summed E-state index contributed by atoms with van der Waals surface area (Å²) >= 11 is 0. The SMILES string of the molecule is CN(C)c1cncc(OC2CCN(C(=O)CN3CCN(c4ccc(F)cc4)C3=O)C2)n1. The number of likely N-dealkylation sites (tertiary alicyclic amines) is 1. The molecule has 4 rings (SSSR count). The highest BCUT2D eigenvalue weighted by molar-refractivity contribution is 5.96. The highest BCUT2D eigenvalue weighted by Gasteiger charge is 2.34. The number of benzene rings is 1. The van der Waals surface area contributed by atoms with Crippen LogP contribution >= 0.6 is 0 Å². The van der Waals surface area contributed by atoms with Gasteiger partial charge >= 0.3 is 6.03 Å².